The summed E-state index contributed by atoms with van der Waals surface area (Å²) in [5.41, 5.74) is 2.50. The highest BCUT2D eigenvalue weighted by Gasteiger charge is 2.24. The number of fused-ring (bicyclic) bond motifs is 1. The van der Waals surface area contributed by atoms with Gasteiger partial charge in [-0.25, -0.2) is 4.98 Å². The second-order valence-corrected chi connectivity index (χ2v) is 5.30. The van der Waals surface area contributed by atoms with Crippen LogP contribution in [0, 0.1) is 6.92 Å². The molecular weight excluding hydrogens is 222 g/mol. The molecule has 3 heteroatoms. The number of hydrogen-bond acceptors (Lipinski definition) is 2. The van der Waals surface area contributed by atoms with Crippen LogP contribution in [0.5, 0.6) is 0 Å². The fraction of sp³-hybridized carbons (Fsp3) is 0.533. The summed E-state index contributed by atoms with van der Waals surface area (Å²) in [5.74, 6) is 1.21. The third-order valence-corrected chi connectivity index (χ3v) is 4.08. The Morgan fingerprint density at radius 2 is 2.28 bits per heavy atom. The Morgan fingerprint density at radius 3 is 3.11 bits per heavy atom. The van der Waals surface area contributed by atoms with E-state index in [4.69, 9.17) is 0 Å². The molecule has 3 nitrogen and oxygen atoms in total. The van der Waals surface area contributed by atoms with Gasteiger partial charge in [0.1, 0.15) is 5.82 Å². The van der Waals surface area contributed by atoms with Crippen molar-refractivity contribution in [1.29, 1.82) is 0 Å². The zero-order valence-corrected chi connectivity index (χ0v) is 11.3. The first-order chi connectivity index (χ1) is 8.78. The fourth-order valence-electron chi connectivity index (χ4n) is 3.05. The molecule has 2 aromatic heterocycles. The molecule has 3 heterocycles. The summed E-state index contributed by atoms with van der Waals surface area (Å²) in [6.07, 6.45) is 7.91. The van der Waals surface area contributed by atoms with Gasteiger partial charge >= 0.3 is 0 Å². The average Bonchev–Trinajstić information content (AvgIpc) is 2.97. The van der Waals surface area contributed by atoms with Gasteiger partial charge in [-0.05, 0) is 44.5 Å². The van der Waals surface area contributed by atoms with Crippen molar-refractivity contribution < 1.29 is 0 Å². The van der Waals surface area contributed by atoms with Crippen LogP contribution in [0.1, 0.15) is 31.2 Å². The Balaban J connectivity index is 1.88. The van der Waals surface area contributed by atoms with Crippen LogP contribution in [0.3, 0.4) is 0 Å². The van der Waals surface area contributed by atoms with E-state index in [1.807, 2.05) is 6.20 Å². The van der Waals surface area contributed by atoms with Crippen molar-refractivity contribution in [2.45, 2.75) is 39.2 Å². The maximum Gasteiger partial charge on any atom is 0.114 e. The summed E-state index contributed by atoms with van der Waals surface area (Å²) in [7, 11) is 0. The van der Waals surface area contributed by atoms with E-state index >= 15 is 0 Å². The highest BCUT2D eigenvalue weighted by Crippen LogP contribution is 2.21. The first-order valence-corrected chi connectivity index (χ1v) is 6.94. The summed E-state index contributed by atoms with van der Waals surface area (Å²) >= 11 is 0. The number of aryl methyl sites for hydroxylation is 1. The molecule has 1 aliphatic rings. The molecule has 96 valence electrons. The molecule has 1 saturated heterocycles. The predicted molar refractivity (Wildman–Crippen MR) is 73.9 cm³/mol. The van der Waals surface area contributed by atoms with Crippen LogP contribution >= 0.6 is 0 Å². The van der Waals surface area contributed by atoms with Crippen LogP contribution in [0.4, 0.5) is 0 Å². The van der Waals surface area contributed by atoms with Crippen molar-refractivity contribution in [3.63, 3.8) is 0 Å². The number of hydrogen-bond donors (Lipinski definition) is 0. The van der Waals surface area contributed by atoms with Crippen molar-refractivity contribution in [2.24, 2.45) is 0 Å². The van der Waals surface area contributed by atoms with Crippen LogP contribution in [0.15, 0.2) is 24.5 Å². The van der Waals surface area contributed by atoms with Gasteiger partial charge in [-0.3, -0.25) is 0 Å². The van der Waals surface area contributed by atoms with Crippen molar-refractivity contribution in [3.05, 3.63) is 35.9 Å². The van der Waals surface area contributed by atoms with Gasteiger partial charge in [-0.2, -0.15) is 0 Å². The molecule has 1 unspecified atom stereocenters. The number of likely N-dealkylation sites (tertiary alicyclic amines) is 1. The lowest BCUT2D eigenvalue weighted by Gasteiger charge is -2.22. The minimum Gasteiger partial charge on any atom is -0.303 e. The third kappa shape index (κ3) is 2.03. The van der Waals surface area contributed by atoms with E-state index in [-0.39, 0.29) is 0 Å². The van der Waals surface area contributed by atoms with Gasteiger partial charge in [0, 0.05) is 18.7 Å². The molecule has 0 bridgehead atoms. The summed E-state index contributed by atoms with van der Waals surface area (Å²) < 4.78 is 2.25. The molecule has 1 aliphatic heterocycles. The number of pyridine rings is 1. The van der Waals surface area contributed by atoms with E-state index in [0.29, 0.717) is 6.04 Å². The zero-order chi connectivity index (χ0) is 12.5. The Labute approximate surface area is 108 Å². The Bertz CT molecular complexity index is 544. The lowest BCUT2D eigenvalue weighted by molar-refractivity contribution is 0.263. The Hall–Kier alpha value is -1.35. The van der Waals surface area contributed by atoms with Gasteiger partial charge in [-0.15, -0.1) is 0 Å². The number of likely N-dealkylation sites (N-methyl/N-ethyl adjacent to an activating group) is 1. The highest BCUT2D eigenvalue weighted by atomic mass is 15.2. The maximum absolute atomic E-state index is 4.60. The minimum atomic E-state index is 0.682. The molecule has 0 saturated carbocycles. The van der Waals surface area contributed by atoms with E-state index < -0.39 is 0 Å². The van der Waals surface area contributed by atoms with Crippen LogP contribution < -0.4 is 0 Å². The SMILES string of the molecule is CCN1CCCC1Cc1ncc2ccc(C)cn12. The van der Waals surface area contributed by atoms with Crippen molar-refractivity contribution in [3.8, 4) is 0 Å². The van der Waals surface area contributed by atoms with E-state index in [2.05, 4.69) is 46.5 Å². The largest absolute Gasteiger partial charge is 0.303 e. The molecule has 0 spiro atoms. The van der Waals surface area contributed by atoms with E-state index in [1.165, 1.54) is 36.3 Å². The van der Waals surface area contributed by atoms with Gasteiger partial charge in [0.15, 0.2) is 0 Å². The van der Waals surface area contributed by atoms with Crippen LogP contribution in [-0.2, 0) is 6.42 Å². The van der Waals surface area contributed by atoms with E-state index in [1.54, 1.807) is 0 Å². The molecule has 2 aromatic rings. The minimum absolute atomic E-state index is 0.682. The molecule has 3 rings (SSSR count). The van der Waals surface area contributed by atoms with E-state index in [0.717, 1.165) is 13.0 Å². The predicted octanol–water partition coefficient (Wildman–Crippen LogP) is 2.67. The number of imidazole rings is 1. The van der Waals surface area contributed by atoms with Crippen LogP contribution in [0.25, 0.3) is 5.52 Å². The molecule has 0 aromatic carbocycles. The van der Waals surface area contributed by atoms with Crippen molar-refractivity contribution in [1.82, 2.24) is 14.3 Å². The van der Waals surface area contributed by atoms with Gasteiger partial charge < -0.3 is 9.30 Å². The molecule has 0 amide bonds. The molecule has 18 heavy (non-hydrogen) atoms. The topological polar surface area (TPSA) is 20.5 Å². The monoisotopic (exact) mass is 243 g/mol. The summed E-state index contributed by atoms with van der Waals surface area (Å²) in [4.78, 5) is 7.19. The first-order valence-electron chi connectivity index (χ1n) is 6.94. The third-order valence-electron chi connectivity index (χ3n) is 4.08. The van der Waals surface area contributed by atoms with Gasteiger partial charge in [-0.1, -0.05) is 13.0 Å². The van der Waals surface area contributed by atoms with Gasteiger partial charge in [0.2, 0.25) is 0 Å². The Morgan fingerprint density at radius 1 is 1.39 bits per heavy atom. The zero-order valence-electron chi connectivity index (χ0n) is 11.3. The number of aromatic nitrogens is 2. The molecule has 1 atom stereocenters. The van der Waals surface area contributed by atoms with Crippen LogP contribution in [0.2, 0.25) is 0 Å². The molecule has 0 N–H and O–H groups in total. The second-order valence-electron chi connectivity index (χ2n) is 5.30. The van der Waals surface area contributed by atoms with Gasteiger partial charge in [0.05, 0.1) is 11.7 Å². The smallest absolute Gasteiger partial charge is 0.114 e. The normalized spacial score (nSPS) is 20.9. The quantitative estimate of drug-likeness (QED) is 0.826. The lowest BCUT2D eigenvalue weighted by Crippen LogP contribution is -2.31. The lowest BCUT2D eigenvalue weighted by atomic mass is 10.1. The van der Waals surface area contributed by atoms with Crippen molar-refractivity contribution in [2.75, 3.05) is 13.1 Å². The van der Waals surface area contributed by atoms with E-state index in [9.17, 15) is 0 Å². The molecule has 1 fully saturated rings. The molecule has 0 radical (unpaired) electrons. The standard InChI is InChI=1S/C15H21N3/c1-3-17-8-4-5-13(17)9-15-16-10-14-7-6-12(2)11-18(14)15/h6-7,10-11,13H,3-5,8-9H2,1-2H3. The number of rotatable bonds is 3. The Kier molecular flexibility index (Phi) is 3.08. The van der Waals surface area contributed by atoms with Gasteiger partial charge in [0.25, 0.3) is 0 Å². The summed E-state index contributed by atoms with van der Waals surface area (Å²) in [5, 5.41) is 0. The second kappa shape index (κ2) is 4.73. The average molecular weight is 243 g/mol. The maximum atomic E-state index is 4.60. The molecular formula is C15H21N3. The van der Waals surface area contributed by atoms with Crippen LogP contribution in [-0.4, -0.2) is 33.4 Å². The number of nitrogens with zero attached hydrogens (tertiary/aromatic N) is 3. The van der Waals surface area contributed by atoms with Crippen molar-refractivity contribution >= 4 is 5.52 Å². The summed E-state index contributed by atoms with van der Waals surface area (Å²) in [6, 6.07) is 4.98. The highest BCUT2D eigenvalue weighted by molar-refractivity contribution is 5.46. The fourth-order valence-corrected chi connectivity index (χ4v) is 3.05. The summed E-state index contributed by atoms with van der Waals surface area (Å²) in [6.45, 7) is 6.81. The molecule has 0 aliphatic carbocycles. The first kappa shape index (κ1) is 11.7.